The zero-order valence-corrected chi connectivity index (χ0v) is 5.13. The van der Waals surface area contributed by atoms with Crippen LogP contribution in [-0.2, 0) is 16.3 Å². The van der Waals surface area contributed by atoms with Crippen LogP contribution >= 0.6 is 7.15 Å². The van der Waals surface area contributed by atoms with Crippen LogP contribution in [0.5, 0.6) is 0 Å². The molecule has 0 aliphatic heterocycles. The molecule has 4 heteroatoms. The Morgan fingerprint density at radius 3 is 2.50 bits per heavy atom. The van der Waals surface area contributed by atoms with Crippen LogP contribution in [0.15, 0.2) is 0 Å². The Bertz CT molecular complexity index is 55.5. The first-order chi connectivity index (χ1) is 2.77. The van der Waals surface area contributed by atoms with E-state index in [-0.39, 0.29) is 0 Å². The van der Waals surface area contributed by atoms with Crippen LogP contribution < -0.4 is 0 Å². The zero-order valence-electron chi connectivity index (χ0n) is 3.42. The van der Waals surface area contributed by atoms with Crippen LogP contribution in [0.3, 0.4) is 0 Å². The fourth-order valence-electron chi connectivity index (χ4n) is 0.110. The monoisotopic (exact) mass is 125 g/mol. The first-order valence-electron chi connectivity index (χ1n) is 1.56. The van der Waals surface area contributed by atoms with Crippen molar-refractivity contribution in [3.63, 3.8) is 0 Å². The van der Waals surface area contributed by atoms with Crippen molar-refractivity contribution in [3.05, 3.63) is 0 Å². The van der Waals surface area contributed by atoms with Crippen molar-refractivity contribution in [2.75, 3.05) is 6.61 Å². The minimum atomic E-state index is -1.52. The minimum absolute atomic E-state index is 0.506. The van der Waals surface area contributed by atoms with Crippen LogP contribution in [0.25, 0.3) is 0 Å². The molecule has 0 fully saturated rings. The summed E-state index contributed by atoms with van der Waals surface area (Å²) in [6.45, 7) is 2.30. The highest BCUT2D eigenvalue weighted by Crippen LogP contribution is 2.12. The second-order valence-corrected chi connectivity index (χ2v) is 2.33. The molecule has 1 radical (unpaired) electrons. The molecule has 6 heavy (non-hydrogen) atoms. The lowest BCUT2D eigenvalue weighted by Gasteiger charge is -1.88. The highest BCUT2D eigenvalue weighted by atomic mass is 32.4. The predicted molar refractivity (Wildman–Crippen MR) is 28.1 cm³/mol. The first kappa shape index (κ1) is 6.44. The molecule has 0 heterocycles. The van der Waals surface area contributed by atoms with E-state index in [4.69, 9.17) is 4.89 Å². The standard InChI is InChI=1S/C2H6O2PS/c1-2-4-5(3)6/h2H2,1H3,(H,3,6). The van der Waals surface area contributed by atoms with Crippen molar-refractivity contribution in [1.29, 1.82) is 0 Å². The fourth-order valence-corrected chi connectivity index (χ4v) is 0.648. The van der Waals surface area contributed by atoms with Gasteiger partial charge in [-0.15, -0.1) is 0 Å². The van der Waals surface area contributed by atoms with Gasteiger partial charge >= 0.3 is 0 Å². The van der Waals surface area contributed by atoms with Gasteiger partial charge in [0, 0.05) is 0 Å². The maximum absolute atomic E-state index is 8.21. The van der Waals surface area contributed by atoms with Gasteiger partial charge < -0.3 is 9.42 Å². The summed E-state index contributed by atoms with van der Waals surface area (Å²) >= 11 is 4.28. The third-order valence-corrected chi connectivity index (χ3v) is 1.03. The molecular formula is C2H6O2PS. The quantitative estimate of drug-likeness (QED) is 0.553. The van der Waals surface area contributed by atoms with Gasteiger partial charge in [-0.1, -0.05) is 0 Å². The summed E-state index contributed by atoms with van der Waals surface area (Å²) in [4.78, 5) is 8.21. The van der Waals surface area contributed by atoms with Gasteiger partial charge in [-0.25, -0.2) is 0 Å². The Hall–Kier alpha value is 0.440. The average Bonchev–Trinajstić information content (AvgIpc) is 1.35. The normalized spacial score (nSPS) is 11.3. The van der Waals surface area contributed by atoms with E-state index in [0.717, 1.165) is 0 Å². The van der Waals surface area contributed by atoms with Gasteiger partial charge in [0.15, 0.2) is 7.15 Å². The zero-order chi connectivity index (χ0) is 4.99. The van der Waals surface area contributed by atoms with E-state index in [1.54, 1.807) is 6.92 Å². The maximum atomic E-state index is 8.21. The Morgan fingerprint density at radius 1 is 2.00 bits per heavy atom. The molecule has 0 saturated carbocycles. The topological polar surface area (TPSA) is 29.5 Å². The Labute approximate surface area is 42.7 Å². The van der Waals surface area contributed by atoms with Gasteiger partial charge in [-0.2, -0.15) is 0 Å². The summed E-state index contributed by atoms with van der Waals surface area (Å²) in [7, 11) is -1.52. The predicted octanol–water partition coefficient (Wildman–Crippen LogP) is 0.789. The van der Waals surface area contributed by atoms with Crippen molar-refractivity contribution < 1.29 is 9.42 Å². The third kappa shape index (κ3) is 4.44. The van der Waals surface area contributed by atoms with E-state index in [9.17, 15) is 0 Å². The van der Waals surface area contributed by atoms with Crippen molar-refractivity contribution in [2.45, 2.75) is 6.92 Å². The molecule has 0 aromatic heterocycles. The van der Waals surface area contributed by atoms with E-state index in [1.165, 1.54) is 0 Å². The van der Waals surface area contributed by atoms with Crippen LogP contribution in [0.4, 0.5) is 0 Å². The van der Waals surface area contributed by atoms with E-state index < -0.39 is 7.15 Å². The average molecular weight is 125 g/mol. The van der Waals surface area contributed by atoms with Crippen LogP contribution in [0.1, 0.15) is 6.92 Å². The molecular weight excluding hydrogens is 119 g/mol. The summed E-state index contributed by atoms with van der Waals surface area (Å²) in [6.07, 6.45) is 0. The SMILES string of the molecule is CCO[P](O)=S. The minimum Gasteiger partial charge on any atom is -0.320 e. The number of hydrogen-bond acceptors (Lipinski definition) is 2. The second kappa shape index (κ2) is 3.62. The van der Waals surface area contributed by atoms with Crippen molar-refractivity contribution >= 4 is 19.0 Å². The van der Waals surface area contributed by atoms with Crippen LogP contribution in [-0.4, -0.2) is 11.5 Å². The highest BCUT2D eigenvalue weighted by Gasteiger charge is 1.78. The Kier molecular flexibility index (Phi) is 3.89. The number of hydrogen-bond donors (Lipinski definition) is 1. The van der Waals surface area contributed by atoms with E-state index >= 15 is 0 Å². The van der Waals surface area contributed by atoms with Gasteiger partial charge in [0.05, 0.1) is 6.61 Å². The highest BCUT2D eigenvalue weighted by molar-refractivity contribution is 8.00. The Balaban J connectivity index is 2.83. The molecule has 37 valence electrons. The molecule has 0 amide bonds. The summed E-state index contributed by atoms with van der Waals surface area (Å²) in [5.41, 5.74) is 0. The molecule has 1 atom stereocenters. The van der Waals surface area contributed by atoms with E-state index in [1.807, 2.05) is 0 Å². The third-order valence-electron chi connectivity index (χ3n) is 0.240. The van der Waals surface area contributed by atoms with Crippen molar-refractivity contribution in [2.24, 2.45) is 0 Å². The van der Waals surface area contributed by atoms with E-state index in [0.29, 0.717) is 6.61 Å². The maximum Gasteiger partial charge on any atom is 0.199 e. The van der Waals surface area contributed by atoms with Gasteiger partial charge in [-0.3, -0.25) is 0 Å². The lowest BCUT2D eigenvalue weighted by atomic mass is 10.9. The molecule has 0 aromatic rings. The van der Waals surface area contributed by atoms with Gasteiger partial charge in [0.2, 0.25) is 0 Å². The molecule has 0 spiro atoms. The molecule has 0 aliphatic carbocycles. The van der Waals surface area contributed by atoms with Crippen LogP contribution in [0, 0.1) is 0 Å². The molecule has 0 bridgehead atoms. The summed E-state index contributed by atoms with van der Waals surface area (Å²) < 4.78 is 4.48. The first-order valence-corrected chi connectivity index (χ1v) is 3.79. The molecule has 2 nitrogen and oxygen atoms in total. The van der Waals surface area contributed by atoms with Gasteiger partial charge in [0.25, 0.3) is 0 Å². The van der Waals surface area contributed by atoms with E-state index in [2.05, 4.69) is 16.3 Å². The number of rotatable bonds is 2. The fraction of sp³-hybridized carbons (Fsp3) is 1.00. The van der Waals surface area contributed by atoms with Crippen LogP contribution in [0.2, 0.25) is 0 Å². The molecule has 0 aromatic carbocycles. The molecule has 0 saturated heterocycles. The molecule has 1 unspecified atom stereocenters. The second-order valence-electron chi connectivity index (χ2n) is 0.656. The van der Waals surface area contributed by atoms with Crippen molar-refractivity contribution in [3.8, 4) is 0 Å². The largest absolute Gasteiger partial charge is 0.320 e. The smallest absolute Gasteiger partial charge is 0.199 e. The summed E-state index contributed by atoms with van der Waals surface area (Å²) in [6, 6.07) is 0. The summed E-state index contributed by atoms with van der Waals surface area (Å²) in [5.74, 6) is 0. The van der Waals surface area contributed by atoms with Gasteiger partial charge in [0.1, 0.15) is 0 Å². The Morgan fingerprint density at radius 2 is 2.50 bits per heavy atom. The molecule has 0 aliphatic rings. The summed E-state index contributed by atoms with van der Waals surface area (Å²) in [5, 5.41) is 0. The lowest BCUT2D eigenvalue weighted by molar-refractivity contribution is 0.345. The van der Waals surface area contributed by atoms with Gasteiger partial charge in [-0.05, 0) is 18.7 Å². The lowest BCUT2D eigenvalue weighted by Crippen LogP contribution is -1.72. The molecule has 0 rings (SSSR count). The van der Waals surface area contributed by atoms with Crippen molar-refractivity contribution in [1.82, 2.24) is 0 Å². The molecule has 1 N–H and O–H groups in total.